The first-order valence-electron chi connectivity index (χ1n) is 26.2. The van der Waals surface area contributed by atoms with Crippen LogP contribution in [0.4, 0.5) is 17.1 Å². The summed E-state index contributed by atoms with van der Waals surface area (Å²) >= 11 is 1.91. The summed E-state index contributed by atoms with van der Waals surface area (Å²) in [5, 5.41) is 4.95. The molecule has 1 aliphatic rings. The van der Waals surface area contributed by atoms with Crippen molar-refractivity contribution in [3.8, 4) is 50.2 Å². The van der Waals surface area contributed by atoms with Crippen LogP contribution in [0.1, 0.15) is 22.3 Å². The molecule has 1 aliphatic carbocycles. The van der Waals surface area contributed by atoms with E-state index < -0.39 is 5.41 Å². The number of benzene rings is 12. The van der Waals surface area contributed by atoms with Crippen molar-refractivity contribution in [3.05, 3.63) is 313 Å². The van der Waals surface area contributed by atoms with Crippen molar-refractivity contribution in [2.24, 2.45) is 0 Å². The van der Waals surface area contributed by atoms with Gasteiger partial charge in [0.05, 0.1) is 27.8 Å². The molecule has 0 radical (unpaired) electrons. The normalized spacial score (nSPS) is 12.6. The van der Waals surface area contributed by atoms with Gasteiger partial charge in [0.2, 0.25) is 0 Å². The van der Waals surface area contributed by atoms with Crippen molar-refractivity contribution in [3.63, 3.8) is 0 Å². The van der Waals surface area contributed by atoms with E-state index in [2.05, 4.69) is 301 Å². The van der Waals surface area contributed by atoms with Gasteiger partial charge in [-0.2, -0.15) is 0 Å². The fourth-order valence-corrected chi connectivity index (χ4v) is 14.0. The molecule has 76 heavy (non-hydrogen) atoms. The first-order chi connectivity index (χ1) is 37.7. The number of fused-ring (bicyclic) bond motifs is 9. The lowest BCUT2D eigenvalue weighted by Gasteiger charge is -2.35. The molecule has 356 valence electrons. The van der Waals surface area contributed by atoms with Crippen LogP contribution in [-0.2, 0) is 5.41 Å². The van der Waals surface area contributed by atoms with Gasteiger partial charge in [0, 0.05) is 47.9 Å². The van der Waals surface area contributed by atoms with E-state index in [1.807, 2.05) is 11.3 Å². The molecule has 0 saturated carbocycles. The third-order valence-corrected chi connectivity index (χ3v) is 17.1. The zero-order chi connectivity index (χ0) is 50.2. The SMILES string of the molecule is c1ccc(-c2ccc(N(c3ccc4c5ccccc5n(-c5cccc6sc7c(-c8cccc9c8C(c8ccccc8)(c8ccccc8)c8ccccc8-9)cccc7c56)c4c3)c3ccccc3-c3ccccc3)cc2)cc1. The summed E-state index contributed by atoms with van der Waals surface area (Å²) in [6.45, 7) is 0. The number of aromatic nitrogens is 1. The molecule has 15 rings (SSSR count). The van der Waals surface area contributed by atoms with Crippen LogP contribution in [0.15, 0.2) is 291 Å². The molecule has 0 fully saturated rings. The van der Waals surface area contributed by atoms with Gasteiger partial charge in [-0.3, -0.25) is 0 Å². The standard InChI is InChI=1S/C73H48N2S/c1-5-22-49(23-6-1)50-42-44-54(45-43-50)74(65-38-17-14-30-56(65)51-24-7-2-8-25-51)55-46-47-59-58-32-15-18-39-66(58)75(68(59)48-55)67-40-21-41-69-70(67)63-36-20-35-62(72(63)76-69)61-34-19-33-60-57-31-13-16-37-64(57)73(71(60)61,52-26-9-3-10-27-52)53-28-11-4-12-29-53/h1-48H. The molecule has 0 saturated heterocycles. The topological polar surface area (TPSA) is 8.17 Å². The Bertz CT molecular complexity index is 4460. The van der Waals surface area contributed by atoms with Crippen LogP contribution >= 0.6 is 11.3 Å². The average molecular weight is 985 g/mol. The lowest BCUT2D eigenvalue weighted by atomic mass is 9.66. The summed E-state index contributed by atoms with van der Waals surface area (Å²) in [7, 11) is 0. The van der Waals surface area contributed by atoms with Crippen molar-refractivity contribution in [1.29, 1.82) is 0 Å². The van der Waals surface area contributed by atoms with Crippen molar-refractivity contribution in [2.45, 2.75) is 5.41 Å². The number of nitrogens with zero attached hydrogens (tertiary/aromatic N) is 2. The van der Waals surface area contributed by atoms with E-state index in [4.69, 9.17) is 0 Å². The fourth-order valence-electron chi connectivity index (χ4n) is 12.7. The summed E-state index contributed by atoms with van der Waals surface area (Å²) in [5.74, 6) is 0. The summed E-state index contributed by atoms with van der Waals surface area (Å²) in [4.78, 5) is 2.44. The van der Waals surface area contributed by atoms with E-state index in [0.717, 1.165) is 22.6 Å². The van der Waals surface area contributed by atoms with E-state index in [0.29, 0.717) is 0 Å². The third kappa shape index (κ3) is 6.73. The highest BCUT2D eigenvalue weighted by Gasteiger charge is 2.47. The fraction of sp³-hybridized carbons (Fsp3) is 0.0137. The molecule has 0 aliphatic heterocycles. The van der Waals surface area contributed by atoms with Crippen LogP contribution in [-0.4, -0.2) is 4.57 Å². The van der Waals surface area contributed by atoms with Crippen LogP contribution in [0.3, 0.4) is 0 Å². The van der Waals surface area contributed by atoms with Crippen molar-refractivity contribution in [2.75, 3.05) is 4.90 Å². The van der Waals surface area contributed by atoms with Crippen LogP contribution in [0, 0.1) is 0 Å². The summed E-state index contributed by atoms with van der Waals surface area (Å²) in [6.07, 6.45) is 0. The van der Waals surface area contributed by atoms with Gasteiger partial charge in [-0.15, -0.1) is 11.3 Å². The minimum absolute atomic E-state index is 0.533. The van der Waals surface area contributed by atoms with Gasteiger partial charge in [-0.1, -0.05) is 243 Å². The van der Waals surface area contributed by atoms with Crippen molar-refractivity contribution < 1.29 is 0 Å². The second kappa shape index (κ2) is 17.8. The van der Waals surface area contributed by atoms with E-state index in [9.17, 15) is 0 Å². The molecule has 0 bridgehead atoms. The predicted octanol–water partition coefficient (Wildman–Crippen LogP) is 20.0. The lowest BCUT2D eigenvalue weighted by Crippen LogP contribution is -2.29. The maximum absolute atomic E-state index is 2.53. The van der Waals surface area contributed by atoms with E-state index in [-0.39, 0.29) is 0 Å². The zero-order valence-electron chi connectivity index (χ0n) is 41.5. The van der Waals surface area contributed by atoms with Gasteiger partial charge in [0.1, 0.15) is 0 Å². The molecule has 0 atom stereocenters. The zero-order valence-corrected chi connectivity index (χ0v) is 42.3. The van der Waals surface area contributed by atoms with Gasteiger partial charge in [-0.25, -0.2) is 0 Å². The number of thiophene rings is 1. The largest absolute Gasteiger partial charge is 0.310 e. The quantitative estimate of drug-likeness (QED) is 0.140. The minimum Gasteiger partial charge on any atom is -0.310 e. The Kier molecular flexibility index (Phi) is 10.3. The second-order valence-electron chi connectivity index (χ2n) is 19.9. The van der Waals surface area contributed by atoms with E-state index >= 15 is 0 Å². The predicted molar refractivity (Wildman–Crippen MR) is 322 cm³/mol. The smallest absolute Gasteiger partial charge is 0.0719 e. The Morgan fingerprint density at radius 2 is 0.868 bits per heavy atom. The summed E-state index contributed by atoms with van der Waals surface area (Å²) in [6, 6.07) is 107. The van der Waals surface area contributed by atoms with Crippen molar-refractivity contribution in [1.82, 2.24) is 4.57 Å². The lowest BCUT2D eigenvalue weighted by molar-refractivity contribution is 0.770. The molecule has 3 heteroatoms. The number of hydrogen-bond acceptors (Lipinski definition) is 2. The highest BCUT2D eigenvalue weighted by Crippen LogP contribution is 2.59. The summed E-state index contributed by atoms with van der Waals surface area (Å²) in [5.41, 5.74) is 21.2. The molecular formula is C73H48N2S. The molecule has 0 amide bonds. The van der Waals surface area contributed by atoms with Gasteiger partial charge in [-0.05, 0) is 110 Å². The molecule has 0 unspecified atom stereocenters. The van der Waals surface area contributed by atoms with E-state index in [1.54, 1.807) is 0 Å². The Morgan fingerprint density at radius 3 is 1.62 bits per heavy atom. The van der Waals surface area contributed by atoms with Gasteiger partial charge >= 0.3 is 0 Å². The number of hydrogen-bond donors (Lipinski definition) is 0. The Balaban J connectivity index is 0.956. The van der Waals surface area contributed by atoms with Crippen LogP contribution in [0.2, 0.25) is 0 Å². The third-order valence-electron chi connectivity index (χ3n) is 15.9. The highest BCUT2D eigenvalue weighted by atomic mass is 32.1. The van der Waals surface area contributed by atoms with Gasteiger partial charge in [0.25, 0.3) is 0 Å². The molecule has 14 aromatic rings. The first kappa shape index (κ1) is 44.0. The first-order valence-corrected chi connectivity index (χ1v) is 27.0. The minimum atomic E-state index is -0.533. The maximum Gasteiger partial charge on any atom is 0.0719 e. The average Bonchev–Trinajstić information content (AvgIpc) is 4.32. The molecule has 0 spiro atoms. The second-order valence-corrected chi connectivity index (χ2v) is 20.9. The van der Waals surface area contributed by atoms with Gasteiger partial charge in [0.15, 0.2) is 0 Å². The Labute approximate surface area is 446 Å². The number of anilines is 3. The molecular weight excluding hydrogens is 937 g/mol. The molecule has 2 heterocycles. The Hall–Kier alpha value is -9.54. The van der Waals surface area contributed by atoms with E-state index in [1.165, 1.54) is 109 Å². The van der Waals surface area contributed by atoms with Gasteiger partial charge < -0.3 is 9.47 Å². The Morgan fingerprint density at radius 1 is 0.342 bits per heavy atom. The van der Waals surface area contributed by atoms with Crippen LogP contribution in [0.5, 0.6) is 0 Å². The molecule has 2 aromatic heterocycles. The van der Waals surface area contributed by atoms with Crippen LogP contribution < -0.4 is 4.90 Å². The number of para-hydroxylation sites is 2. The summed E-state index contributed by atoms with van der Waals surface area (Å²) < 4.78 is 5.07. The maximum atomic E-state index is 2.53. The number of rotatable bonds is 9. The molecule has 2 nitrogen and oxygen atoms in total. The van der Waals surface area contributed by atoms with Crippen LogP contribution in [0.25, 0.3) is 92.2 Å². The monoisotopic (exact) mass is 984 g/mol. The molecule has 12 aromatic carbocycles. The molecule has 0 N–H and O–H groups in total. The highest BCUT2D eigenvalue weighted by molar-refractivity contribution is 7.26. The van der Waals surface area contributed by atoms with Crippen molar-refractivity contribution >= 4 is 70.4 Å².